The van der Waals surface area contributed by atoms with E-state index in [0.717, 1.165) is 6.07 Å². The highest BCUT2D eigenvalue weighted by atomic mass is 35.5. The van der Waals surface area contributed by atoms with E-state index in [1.807, 2.05) is 13.8 Å². The van der Waals surface area contributed by atoms with Crippen LogP contribution in [0, 0.1) is 6.92 Å². The molecule has 32 heavy (non-hydrogen) atoms. The van der Waals surface area contributed by atoms with Crippen molar-refractivity contribution in [2.24, 2.45) is 0 Å². The van der Waals surface area contributed by atoms with Gasteiger partial charge in [0, 0.05) is 5.56 Å². The molecule has 0 aliphatic rings. The minimum Gasteiger partial charge on any atom is -0.491 e. The number of ether oxygens (including phenoxy) is 1. The van der Waals surface area contributed by atoms with E-state index >= 15 is 0 Å². The summed E-state index contributed by atoms with van der Waals surface area (Å²) in [4.78, 5) is 4.54. The monoisotopic (exact) mass is 479 g/mol. The molecule has 9 heteroatoms. The van der Waals surface area contributed by atoms with Gasteiger partial charge in [0.25, 0.3) is 0 Å². The summed E-state index contributed by atoms with van der Waals surface area (Å²) in [5, 5.41) is 4.85. The molecular formula is C23H18Cl2F3N3O. The molecule has 0 aliphatic carbocycles. The fraction of sp³-hybridized carbons (Fsp3) is 0.217. The zero-order chi connectivity index (χ0) is 23.2. The lowest BCUT2D eigenvalue weighted by Gasteiger charge is -2.13. The third-order valence-electron chi connectivity index (χ3n) is 4.79. The van der Waals surface area contributed by atoms with E-state index in [2.05, 4.69) is 10.1 Å². The van der Waals surface area contributed by atoms with Crippen molar-refractivity contribution in [3.63, 3.8) is 0 Å². The predicted molar refractivity (Wildman–Crippen MR) is 120 cm³/mol. The van der Waals surface area contributed by atoms with Gasteiger partial charge in [0.15, 0.2) is 5.65 Å². The molecule has 0 unspecified atom stereocenters. The Kier molecular flexibility index (Phi) is 5.81. The zero-order valence-corrected chi connectivity index (χ0v) is 18.8. The number of alkyl halides is 3. The Bertz CT molecular complexity index is 1300. The van der Waals surface area contributed by atoms with Gasteiger partial charge in [-0.2, -0.15) is 18.3 Å². The lowest BCUT2D eigenvalue weighted by Crippen LogP contribution is -2.08. The van der Waals surface area contributed by atoms with Crippen LogP contribution in [-0.2, 0) is 6.18 Å². The molecule has 0 amide bonds. The van der Waals surface area contributed by atoms with Crippen molar-refractivity contribution in [3.8, 4) is 22.7 Å². The predicted octanol–water partition coefficient (Wildman–Crippen LogP) is 7.51. The third-order valence-corrected chi connectivity index (χ3v) is 5.53. The van der Waals surface area contributed by atoms with Crippen LogP contribution in [0.1, 0.15) is 25.1 Å². The van der Waals surface area contributed by atoms with Crippen molar-refractivity contribution in [2.45, 2.75) is 33.1 Å². The molecule has 166 valence electrons. The van der Waals surface area contributed by atoms with Crippen molar-refractivity contribution in [1.82, 2.24) is 14.8 Å². The van der Waals surface area contributed by atoms with Crippen LogP contribution < -0.4 is 4.74 Å². The van der Waals surface area contributed by atoms with E-state index in [4.69, 9.17) is 27.9 Å². The van der Waals surface area contributed by atoms with Gasteiger partial charge in [0.05, 0.1) is 44.2 Å². The summed E-state index contributed by atoms with van der Waals surface area (Å²) in [7, 11) is 0. The molecule has 0 atom stereocenters. The lowest BCUT2D eigenvalue weighted by atomic mass is 10.0. The molecule has 2 aromatic carbocycles. The van der Waals surface area contributed by atoms with E-state index in [0.29, 0.717) is 22.0 Å². The number of hydrogen-bond acceptors (Lipinski definition) is 3. The van der Waals surface area contributed by atoms with Gasteiger partial charge in [-0.3, -0.25) is 0 Å². The zero-order valence-electron chi connectivity index (χ0n) is 17.3. The van der Waals surface area contributed by atoms with Crippen LogP contribution in [0.2, 0.25) is 10.0 Å². The Balaban J connectivity index is 1.94. The number of nitrogens with zero attached hydrogens (tertiary/aromatic N) is 3. The molecule has 4 nitrogen and oxygen atoms in total. The first-order valence-corrected chi connectivity index (χ1v) is 10.5. The first kappa shape index (κ1) is 22.4. The van der Waals surface area contributed by atoms with Crippen LogP contribution >= 0.6 is 23.2 Å². The number of rotatable bonds is 4. The highest BCUT2D eigenvalue weighted by Crippen LogP contribution is 2.39. The molecule has 0 spiro atoms. The molecule has 0 fully saturated rings. The van der Waals surface area contributed by atoms with E-state index in [1.54, 1.807) is 36.4 Å². The Morgan fingerprint density at radius 3 is 2.25 bits per heavy atom. The van der Waals surface area contributed by atoms with E-state index in [1.165, 1.54) is 17.7 Å². The van der Waals surface area contributed by atoms with E-state index in [-0.39, 0.29) is 33.5 Å². The van der Waals surface area contributed by atoms with Crippen molar-refractivity contribution >= 4 is 34.2 Å². The minimum atomic E-state index is -4.59. The highest BCUT2D eigenvalue weighted by molar-refractivity contribution is 6.42. The lowest BCUT2D eigenvalue weighted by molar-refractivity contribution is -0.136. The number of fused-ring (bicyclic) bond motifs is 1. The molecule has 2 aromatic heterocycles. The highest BCUT2D eigenvalue weighted by Gasteiger charge is 2.36. The first-order valence-electron chi connectivity index (χ1n) is 9.74. The van der Waals surface area contributed by atoms with E-state index in [9.17, 15) is 13.2 Å². The molecule has 0 radical (unpaired) electrons. The molecule has 0 saturated heterocycles. The number of benzene rings is 2. The van der Waals surface area contributed by atoms with Gasteiger partial charge in [0.1, 0.15) is 5.75 Å². The van der Waals surface area contributed by atoms with Gasteiger partial charge in [-0.15, -0.1) is 0 Å². The second-order valence-corrected chi connectivity index (χ2v) is 8.35. The van der Waals surface area contributed by atoms with E-state index < -0.39 is 11.7 Å². The Morgan fingerprint density at radius 1 is 0.969 bits per heavy atom. The molecule has 0 bridgehead atoms. The molecule has 0 aliphatic heterocycles. The van der Waals surface area contributed by atoms with Gasteiger partial charge in [-0.25, -0.2) is 9.67 Å². The van der Waals surface area contributed by atoms with Crippen molar-refractivity contribution in [3.05, 3.63) is 69.8 Å². The summed E-state index contributed by atoms with van der Waals surface area (Å²) >= 11 is 12.1. The number of halogens is 5. The summed E-state index contributed by atoms with van der Waals surface area (Å²) in [6.45, 7) is 5.31. The van der Waals surface area contributed by atoms with Gasteiger partial charge in [-0.1, -0.05) is 23.2 Å². The number of aryl methyl sites for hydroxylation is 1. The van der Waals surface area contributed by atoms with Crippen LogP contribution in [0.3, 0.4) is 0 Å². The summed E-state index contributed by atoms with van der Waals surface area (Å²) < 4.78 is 49.0. The SMILES string of the molecule is Cc1nn(-c2ccc(Cl)c(Cl)c2)c2nc(-c3ccc(OC(C)C)cc3)cc(C(F)(F)F)c12. The van der Waals surface area contributed by atoms with Gasteiger partial charge in [0.2, 0.25) is 0 Å². The van der Waals surface area contributed by atoms with Gasteiger partial charge < -0.3 is 4.74 Å². The minimum absolute atomic E-state index is 0.0179. The second-order valence-electron chi connectivity index (χ2n) is 7.54. The summed E-state index contributed by atoms with van der Waals surface area (Å²) in [6, 6.07) is 12.5. The maximum atomic E-state index is 14.0. The Morgan fingerprint density at radius 2 is 1.66 bits per heavy atom. The number of aromatic nitrogens is 3. The largest absolute Gasteiger partial charge is 0.491 e. The van der Waals surface area contributed by atoms with Crippen molar-refractivity contribution in [1.29, 1.82) is 0 Å². The average molecular weight is 480 g/mol. The molecular weight excluding hydrogens is 462 g/mol. The third kappa shape index (κ3) is 4.27. The van der Waals surface area contributed by atoms with Crippen LogP contribution in [0.25, 0.3) is 28.0 Å². The van der Waals surface area contributed by atoms with Crippen molar-refractivity contribution < 1.29 is 17.9 Å². The molecule has 4 rings (SSSR count). The number of pyridine rings is 1. The van der Waals surface area contributed by atoms with Crippen LogP contribution in [0.4, 0.5) is 13.2 Å². The summed E-state index contributed by atoms with van der Waals surface area (Å²) in [6.07, 6.45) is -4.61. The van der Waals surface area contributed by atoms with Crippen LogP contribution in [-0.4, -0.2) is 20.9 Å². The van der Waals surface area contributed by atoms with Crippen molar-refractivity contribution in [2.75, 3.05) is 0 Å². The molecule has 4 aromatic rings. The van der Waals surface area contributed by atoms with Gasteiger partial charge >= 0.3 is 6.18 Å². The fourth-order valence-electron chi connectivity index (χ4n) is 3.43. The molecule has 0 saturated carbocycles. The summed E-state index contributed by atoms with van der Waals surface area (Å²) in [5.74, 6) is 0.623. The molecule has 2 heterocycles. The average Bonchev–Trinajstić information content (AvgIpc) is 3.05. The summed E-state index contributed by atoms with van der Waals surface area (Å²) in [5.41, 5.74) is 0.626. The second kappa shape index (κ2) is 8.30. The quantitative estimate of drug-likeness (QED) is 0.304. The van der Waals surface area contributed by atoms with Crippen LogP contribution in [0.15, 0.2) is 48.5 Å². The fourth-order valence-corrected chi connectivity index (χ4v) is 3.73. The first-order chi connectivity index (χ1) is 15.0. The Hall–Kier alpha value is -2.77. The van der Waals surface area contributed by atoms with Gasteiger partial charge in [-0.05, 0) is 69.3 Å². The Labute approximate surface area is 192 Å². The molecule has 0 N–H and O–H groups in total. The normalized spacial score (nSPS) is 12.0. The number of hydrogen-bond donors (Lipinski definition) is 0. The smallest absolute Gasteiger partial charge is 0.417 e. The topological polar surface area (TPSA) is 39.9 Å². The maximum absolute atomic E-state index is 14.0. The standard InChI is InChI=1S/C23H18Cl2F3N3O/c1-12(2)32-16-7-4-14(5-8-16)20-11-17(23(26,27)28)21-13(3)30-31(22(21)29-20)15-6-9-18(24)19(25)10-15/h4-12H,1-3H3. The van der Waals surface area contributed by atoms with Crippen LogP contribution in [0.5, 0.6) is 5.75 Å². The maximum Gasteiger partial charge on any atom is 0.417 e.